The lowest BCUT2D eigenvalue weighted by molar-refractivity contribution is -0.150. The Morgan fingerprint density at radius 1 is 0.508 bits per heavy atom. The smallest absolute Gasteiger partial charge is 0.328 e. The summed E-state index contributed by atoms with van der Waals surface area (Å²) in [6.45, 7) is 3.48. The van der Waals surface area contributed by atoms with Gasteiger partial charge in [-0.15, -0.1) is 0 Å². The molecule has 9 heteroatoms. The number of hydrogen-bond acceptors (Lipinski definition) is 6. The second kappa shape index (κ2) is 44.9. The molecule has 0 aromatic rings. The fourth-order valence-electron chi connectivity index (χ4n) is 7.39. The van der Waals surface area contributed by atoms with Gasteiger partial charge in [0.2, 0.25) is 11.8 Å². The van der Waals surface area contributed by atoms with Gasteiger partial charge in [0.15, 0.2) is 0 Å². The van der Waals surface area contributed by atoms with Gasteiger partial charge in [-0.25, -0.2) is 4.79 Å². The number of carboxylic acids is 1. The van der Waals surface area contributed by atoms with Crippen LogP contribution in [0, 0.1) is 0 Å². The summed E-state index contributed by atoms with van der Waals surface area (Å²) >= 11 is 0. The van der Waals surface area contributed by atoms with Crippen LogP contribution in [0.2, 0.25) is 0 Å². The number of hydrogen-bond donors (Lipinski definition) is 4. The third kappa shape index (κ3) is 41.8. The summed E-state index contributed by atoms with van der Waals surface area (Å²) in [4.78, 5) is 47.7. The molecule has 0 aromatic heterocycles. The van der Waals surface area contributed by atoms with Crippen molar-refractivity contribution >= 4 is 23.8 Å². The Morgan fingerprint density at radius 2 is 0.915 bits per heavy atom. The SMILES string of the molecule is CCCCC/C=C\C/C=C\CCCCCCCCCCCC(=O)OC(CCCCCCCCCCCCCC)CCCCCCCC(=O)NCC(=O)NC(CO)C(=O)O. The summed E-state index contributed by atoms with van der Waals surface area (Å²) in [6.07, 6.45) is 50.6. The van der Waals surface area contributed by atoms with Crippen LogP contribution in [0.5, 0.6) is 0 Å². The van der Waals surface area contributed by atoms with E-state index >= 15 is 0 Å². The Morgan fingerprint density at radius 3 is 1.39 bits per heavy atom. The first-order valence-corrected chi connectivity index (χ1v) is 24.7. The molecule has 0 aliphatic carbocycles. The van der Waals surface area contributed by atoms with Gasteiger partial charge in [-0.2, -0.15) is 0 Å². The van der Waals surface area contributed by atoms with Crippen LogP contribution in [0.4, 0.5) is 0 Å². The van der Waals surface area contributed by atoms with Gasteiger partial charge in [-0.1, -0.05) is 186 Å². The number of ether oxygens (including phenoxy) is 1. The van der Waals surface area contributed by atoms with E-state index in [4.69, 9.17) is 14.9 Å². The molecular formula is C50H92N2O7. The molecule has 0 bridgehead atoms. The lowest BCUT2D eigenvalue weighted by Gasteiger charge is -2.18. The number of carbonyl (C=O) groups excluding carboxylic acids is 3. The monoisotopic (exact) mass is 833 g/mol. The molecule has 0 aliphatic heterocycles. The summed E-state index contributed by atoms with van der Waals surface area (Å²) in [6, 6.07) is -1.38. The average Bonchev–Trinajstić information content (AvgIpc) is 3.22. The van der Waals surface area contributed by atoms with Crippen LogP contribution in [0.3, 0.4) is 0 Å². The molecule has 59 heavy (non-hydrogen) atoms. The molecule has 0 aliphatic rings. The predicted octanol–water partition coefficient (Wildman–Crippen LogP) is 12.8. The molecule has 2 atom stereocenters. The van der Waals surface area contributed by atoms with Crippen molar-refractivity contribution in [2.75, 3.05) is 13.2 Å². The Kier molecular flexibility index (Phi) is 42.8. The average molecular weight is 833 g/mol. The van der Waals surface area contributed by atoms with Crippen LogP contribution in [-0.4, -0.2) is 59.3 Å². The molecule has 2 amide bonds. The number of unbranched alkanes of at least 4 members (excludes halogenated alkanes) is 27. The highest BCUT2D eigenvalue weighted by Gasteiger charge is 2.19. The summed E-state index contributed by atoms with van der Waals surface area (Å²) in [7, 11) is 0. The second-order valence-corrected chi connectivity index (χ2v) is 16.9. The highest BCUT2D eigenvalue weighted by Crippen LogP contribution is 2.19. The Hall–Kier alpha value is -2.68. The maximum atomic E-state index is 12.9. The number of aliphatic hydroxyl groups is 1. The van der Waals surface area contributed by atoms with Crippen LogP contribution in [0.25, 0.3) is 0 Å². The highest BCUT2D eigenvalue weighted by atomic mass is 16.5. The van der Waals surface area contributed by atoms with Gasteiger partial charge in [0.1, 0.15) is 12.1 Å². The third-order valence-electron chi connectivity index (χ3n) is 11.2. The summed E-state index contributed by atoms with van der Waals surface area (Å²) in [5.74, 6) is -2.28. The molecule has 344 valence electrons. The Labute approximate surface area is 362 Å². The van der Waals surface area contributed by atoms with Crippen molar-refractivity contribution in [3.05, 3.63) is 24.3 Å². The molecule has 4 N–H and O–H groups in total. The summed E-state index contributed by atoms with van der Waals surface area (Å²) < 4.78 is 6.06. The van der Waals surface area contributed by atoms with E-state index in [0.717, 1.165) is 64.2 Å². The Balaban J connectivity index is 4.25. The van der Waals surface area contributed by atoms with E-state index in [-0.39, 0.29) is 24.5 Å². The van der Waals surface area contributed by atoms with Gasteiger partial charge in [0, 0.05) is 12.8 Å². The predicted molar refractivity (Wildman–Crippen MR) is 245 cm³/mol. The lowest BCUT2D eigenvalue weighted by Crippen LogP contribution is -2.47. The van der Waals surface area contributed by atoms with Crippen molar-refractivity contribution in [2.24, 2.45) is 0 Å². The fourth-order valence-corrected chi connectivity index (χ4v) is 7.39. The van der Waals surface area contributed by atoms with Crippen molar-refractivity contribution in [1.29, 1.82) is 0 Å². The zero-order valence-corrected chi connectivity index (χ0v) is 38.3. The molecule has 0 spiro atoms. The number of aliphatic hydroxyl groups excluding tert-OH is 1. The molecule has 0 fully saturated rings. The second-order valence-electron chi connectivity index (χ2n) is 16.9. The fraction of sp³-hybridized carbons (Fsp3) is 0.840. The summed E-state index contributed by atoms with van der Waals surface area (Å²) in [5, 5.41) is 22.6. The van der Waals surface area contributed by atoms with E-state index in [1.807, 2.05) is 0 Å². The minimum atomic E-state index is -1.38. The van der Waals surface area contributed by atoms with Gasteiger partial charge >= 0.3 is 11.9 Å². The standard InChI is InChI=1S/C50H92N2O7/c1-3-5-7-9-11-13-15-17-18-19-20-21-22-23-25-27-29-34-38-42-49(56)59-45(39-35-31-28-26-24-16-14-12-10-8-6-4-2)40-36-32-30-33-37-41-47(54)51-43-48(55)52-46(44-53)50(57)58/h11,13,17-18,45-46,53H,3-10,12,14-16,19-44H2,1-2H3,(H,51,54)(H,52,55)(H,57,58)/b13-11-,18-17-. The molecule has 0 saturated heterocycles. The van der Waals surface area contributed by atoms with Crippen molar-refractivity contribution in [3.8, 4) is 0 Å². The van der Waals surface area contributed by atoms with Crippen LogP contribution in [0.15, 0.2) is 24.3 Å². The molecule has 0 saturated carbocycles. The number of allylic oxidation sites excluding steroid dienone is 4. The first-order chi connectivity index (χ1) is 28.8. The van der Waals surface area contributed by atoms with E-state index in [9.17, 15) is 19.2 Å². The number of carbonyl (C=O) groups is 4. The molecule has 0 rings (SSSR count). The number of aliphatic carboxylic acids is 1. The van der Waals surface area contributed by atoms with E-state index in [2.05, 4.69) is 48.8 Å². The van der Waals surface area contributed by atoms with Gasteiger partial charge in [-0.05, 0) is 70.6 Å². The van der Waals surface area contributed by atoms with Crippen LogP contribution < -0.4 is 10.6 Å². The van der Waals surface area contributed by atoms with Gasteiger partial charge in [0.25, 0.3) is 0 Å². The first kappa shape index (κ1) is 56.3. The van der Waals surface area contributed by atoms with Crippen molar-refractivity contribution in [2.45, 2.75) is 257 Å². The minimum absolute atomic E-state index is 0.0123. The normalized spacial score (nSPS) is 12.6. The third-order valence-corrected chi connectivity index (χ3v) is 11.2. The van der Waals surface area contributed by atoms with Crippen LogP contribution in [-0.2, 0) is 23.9 Å². The number of nitrogens with one attached hydrogen (secondary N) is 2. The maximum Gasteiger partial charge on any atom is 0.328 e. The zero-order chi connectivity index (χ0) is 43.3. The highest BCUT2D eigenvalue weighted by molar-refractivity contribution is 5.87. The van der Waals surface area contributed by atoms with E-state index < -0.39 is 24.5 Å². The van der Waals surface area contributed by atoms with Crippen molar-refractivity contribution in [3.63, 3.8) is 0 Å². The maximum absolute atomic E-state index is 12.9. The van der Waals surface area contributed by atoms with E-state index in [1.165, 1.54) is 148 Å². The summed E-state index contributed by atoms with van der Waals surface area (Å²) in [5.41, 5.74) is 0. The Bertz CT molecular complexity index is 1050. The lowest BCUT2D eigenvalue weighted by atomic mass is 10.0. The van der Waals surface area contributed by atoms with E-state index in [0.29, 0.717) is 19.3 Å². The molecule has 0 radical (unpaired) electrons. The van der Waals surface area contributed by atoms with Crippen LogP contribution >= 0.6 is 0 Å². The van der Waals surface area contributed by atoms with Crippen molar-refractivity contribution in [1.82, 2.24) is 10.6 Å². The largest absolute Gasteiger partial charge is 0.480 e. The van der Waals surface area contributed by atoms with Crippen molar-refractivity contribution < 1.29 is 34.1 Å². The number of rotatable bonds is 45. The van der Waals surface area contributed by atoms with Gasteiger partial charge < -0.3 is 25.6 Å². The molecular weight excluding hydrogens is 741 g/mol. The minimum Gasteiger partial charge on any atom is -0.480 e. The van der Waals surface area contributed by atoms with Crippen LogP contribution in [0.1, 0.15) is 245 Å². The molecule has 0 aromatic carbocycles. The number of esters is 1. The molecule has 2 unspecified atom stereocenters. The molecule has 0 heterocycles. The van der Waals surface area contributed by atoms with E-state index in [1.54, 1.807) is 0 Å². The quantitative estimate of drug-likeness (QED) is 0.0272. The molecule has 9 nitrogen and oxygen atoms in total. The first-order valence-electron chi connectivity index (χ1n) is 24.7. The number of carboxylic acid groups (broad SMARTS) is 1. The van der Waals surface area contributed by atoms with Gasteiger partial charge in [0.05, 0.1) is 13.2 Å². The topological polar surface area (TPSA) is 142 Å². The zero-order valence-electron chi connectivity index (χ0n) is 38.3. The number of amides is 2. The van der Waals surface area contributed by atoms with Gasteiger partial charge in [-0.3, -0.25) is 14.4 Å².